The molecule has 0 aromatic heterocycles. The van der Waals surface area contributed by atoms with E-state index in [0.717, 1.165) is 41.9 Å². The van der Waals surface area contributed by atoms with Crippen LogP contribution in [0.2, 0.25) is 5.02 Å². The van der Waals surface area contributed by atoms with Gasteiger partial charge in [0.05, 0.1) is 0 Å². The molecule has 1 aliphatic heterocycles. The lowest BCUT2D eigenvalue weighted by Gasteiger charge is -2.24. The van der Waals surface area contributed by atoms with Crippen LogP contribution in [0.3, 0.4) is 0 Å². The van der Waals surface area contributed by atoms with Crippen molar-refractivity contribution in [2.24, 2.45) is 17.6 Å². The third-order valence-corrected chi connectivity index (χ3v) is 5.01. The molecule has 1 saturated heterocycles. The number of rotatable bonds is 4. The van der Waals surface area contributed by atoms with E-state index in [1.165, 1.54) is 24.9 Å². The second-order valence-electron chi connectivity index (χ2n) is 6.88. The third kappa shape index (κ3) is 4.62. The smallest absolute Gasteiger partial charge is 0.0459 e. The van der Waals surface area contributed by atoms with Gasteiger partial charge in [0.1, 0.15) is 0 Å². The van der Waals surface area contributed by atoms with E-state index in [2.05, 4.69) is 36.9 Å². The first-order valence-corrected chi connectivity index (χ1v) is 8.64. The monoisotopic (exact) mass is 308 g/mol. The lowest BCUT2D eigenvalue weighted by Crippen LogP contribution is -2.24. The fraction of sp³-hybridized carbons (Fsp3) is 0.667. The molecule has 0 bridgehead atoms. The molecule has 2 N–H and O–H groups in total. The number of nitrogens with zero attached hydrogens (tertiary/aromatic N) is 1. The van der Waals surface area contributed by atoms with E-state index in [4.69, 9.17) is 17.3 Å². The first-order valence-electron chi connectivity index (χ1n) is 8.26. The second-order valence-corrected chi connectivity index (χ2v) is 7.29. The van der Waals surface area contributed by atoms with Gasteiger partial charge in [0, 0.05) is 29.8 Å². The highest BCUT2D eigenvalue weighted by Gasteiger charge is 2.20. The summed E-state index contributed by atoms with van der Waals surface area (Å²) in [6.07, 6.45) is 4.76. The van der Waals surface area contributed by atoms with Crippen LogP contribution in [0.1, 0.15) is 45.6 Å². The van der Waals surface area contributed by atoms with Crippen LogP contribution in [0.15, 0.2) is 18.2 Å². The van der Waals surface area contributed by atoms with E-state index in [0.29, 0.717) is 0 Å². The minimum absolute atomic E-state index is 0.151. The normalized spacial score (nSPS) is 21.4. The summed E-state index contributed by atoms with van der Waals surface area (Å²) in [5.41, 5.74) is 8.29. The van der Waals surface area contributed by atoms with Crippen LogP contribution in [-0.4, -0.2) is 19.1 Å². The Hall–Kier alpha value is -0.730. The molecule has 1 heterocycles. The minimum Gasteiger partial charge on any atom is -0.371 e. The largest absolute Gasteiger partial charge is 0.371 e. The van der Waals surface area contributed by atoms with Crippen LogP contribution in [0, 0.1) is 11.8 Å². The summed E-state index contributed by atoms with van der Waals surface area (Å²) in [7, 11) is 0. The molecule has 1 aromatic rings. The fourth-order valence-electron chi connectivity index (χ4n) is 3.29. The predicted octanol–water partition coefficient (Wildman–Crippen LogP) is 4.49. The van der Waals surface area contributed by atoms with E-state index in [1.807, 2.05) is 6.92 Å². The molecule has 1 fully saturated rings. The van der Waals surface area contributed by atoms with E-state index < -0.39 is 0 Å². The maximum absolute atomic E-state index is 6.43. The van der Waals surface area contributed by atoms with Gasteiger partial charge in [0.25, 0.3) is 0 Å². The first-order chi connectivity index (χ1) is 9.97. The second kappa shape index (κ2) is 7.51. The quantitative estimate of drug-likeness (QED) is 0.888. The van der Waals surface area contributed by atoms with Crippen LogP contribution in [0.25, 0.3) is 0 Å². The average Bonchev–Trinajstić information content (AvgIpc) is 2.66. The van der Waals surface area contributed by atoms with Crippen LogP contribution in [0.4, 0.5) is 5.69 Å². The van der Waals surface area contributed by atoms with Gasteiger partial charge in [0.2, 0.25) is 0 Å². The van der Waals surface area contributed by atoms with Crippen LogP contribution >= 0.6 is 11.6 Å². The predicted molar refractivity (Wildman–Crippen MR) is 93.2 cm³/mol. The standard InChI is InChI=1S/C18H29ClN2/c1-13(2)15-5-4-9-21(10-8-15)17-7-6-16(11-14(3)20)18(19)12-17/h6-7,12-15H,4-5,8-11,20H2,1-3H3. The summed E-state index contributed by atoms with van der Waals surface area (Å²) in [4.78, 5) is 2.49. The molecule has 2 rings (SSSR count). The molecule has 2 nitrogen and oxygen atoms in total. The van der Waals surface area contributed by atoms with Crippen molar-refractivity contribution in [1.29, 1.82) is 0 Å². The van der Waals surface area contributed by atoms with Crippen molar-refractivity contribution in [2.45, 2.75) is 52.5 Å². The van der Waals surface area contributed by atoms with Crippen molar-refractivity contribution >= 4 is 17.3 Å². The average molecular weight is 309 g/mol. The van der Waals surface area contributed by atoms with Crippen molar-refractivity contribution in [3.8, 4) is 0 Å². The number of nitrogens with two attached hydrogens (primary N) is 1. The van der Waals surface area contributed by atoms with Crippen molar-refractivity contribution in [3.63, 3.8) is 0 Å². The molecule has 0 radical (unpaired) electrons. The molecule has 2 unspecified atom stereocenters. The molecule has 1 aromatic carbocycles. The molecule has 0 saturated carbocycles. The van der Waals surface area contributed by atoms with Gasteiger partial charge in [-0.2, -0.15) is 0 Å². The topological polar surface area (TPSA) is 29.3 Å². The van der Waals surface area contributed by atoms with Crippen molar-refractivity contribution < 1.29 is 0 Å². The van der Waals surface area contributed by atoms with Gasteiger partial charge in [-0.25, -0.2) is 0 Å². The zero-order valence-corrected chi connectivity index (χ0v) is 14.4. The van der Waals surface area contributed by atoms with Gasteiger partial charge in [-0.05, 0) is 62.1 Å². The molecule has 21 heavy (non-hydrogen) atoms. The van der Waals surface area contributed by atoms with Crippen molar-refractivity contribution in [3.05, 3.63) is 28.8 Å². The Bertz CT molecular complexity index is 457. The van der Waals surface area contributed by atoms with Gasteiger partial charge < -0.3 is 10.6 Å². The Morgan fingerprint density at radius 3 is 2.62 bits per heavy atom. The Labute approximate surface area is 134 Å². The molecule has 2 atom stereocenters. The summed E-state index contributed by atoms with van der Waals surface area (Å²) in [6, 6.07) is 6.62. The summed E-state index contributed by atoms with van der Waals surface area (Å²) in [5.74, 6) is 1.66. The maximum Gasteiger partial charge on any atom is 0.0459 e. The Morgan fingerprint density at radius 1 is 1.24 bits per heavy atom. The number of anilines is 1. The summed E-state index contributed by atoms with van der Waals surface area (Å²) in [5, 5.41) is 0.856. The van der Waals surface area contributed by atoms with Crippen molar-refractivity contribution in [1.82, 2.24) is 0 Å². The lowest BCUT2D eigenvalue weighted by molar-refractivity contribution is 0.351. The molecule has 1 aliphatic rings. The van der Waals surface area contributed by atoms with E-state index in [9.17, 15) is 0 Å². The number of benzene rings is 1. The van der Waals surface area contributed by atoms with E-state index in [1.54, 1.807) is 0 Å². The highest BCUT2D eigenvalue weighted by Crippen LogP contribution is 2.29. The van der Waals surface area contributed by atoms with Gasteiger partial charge >= 0.3 is 0 Å². The molecule has 118 valence electrons. The van der Waals surface area contributed by atoms with Crippen LogP contribution < -0.4 is 10.6 Å². The number of hydrogen-bond donors (Lipinski definition) is 1. The first kappa shape index (κ1) is 16.6. The van der Waals surface area contributed by atoms with Crippen molar-refractivity contribution in [2.75, 3.05) is 18.0 Å². The molecular weight excluding hydrogens is 280 g/mol. The molecule has 3 heteroatoms. The fourth-order valence-corrected chi connectivity index (χ4v) is 3.54. The number of hydrogen-bond acceptors (Lipinski definition) is 2. The zero-order valence-electron chi connectivity index (χ0n) is 13.6. The summed E-state index contributed by atoms with van der Waals surface area (Å²) in [6.45, 7) is 9.00. The Morgan fingerprint density at radius 2 is 2.00 bits per heavy atom. The molecular formula is C18H29ClN2. The number of halogens is 1. The third-order valence-electron chi connectivity index (χ3n) is 4.66. The molecule has 0 amide bonds. The lowest BCUT2D eigenvalue weighted by atomic mass is 9.89. The van der Waals surface area contributed by atoms with Crippen LogP contribution in [0.5, 0.6) is 0 Å². The molecule has 0 aliphatic carbocycles. The highest BCUT2D eigenvalue weighted by atomic mass is 35.5. The Balaban J connectivity index is 2.06. The van der Waals surface area contributed by atoms with Crippen LogP contribution in [-0.2, 0) is 6.42 Å². The van der Waals surface area contributed by atoms with E-state index >= 15 is 0 Å². The summed E-state index contributed by atoms with van der Waals surface area (Å²) >= 11 is 6.43. The van der Waals surface area contributed by atoms with Gasteiger partial charge in [-0.1, -0.05) is 31.5 Å². The highest BCUT2D eigenvalue weighted by molar-refractivity contribution is 6.31. The van der Waals surface area contributed by atoms with Gasteiger partial charge in [-0.15, -0.1) is 0 Å². The van der Waals surface area contributed by atoms with E-state index in [-0.39, 0.29) is 6.04 Å². The van der Waals surface area contributed by atoms with Gasteiger partial charge in [-0.3, -0.25) is 0 Å². The minimum atomic E-state index is 0.151. The SMILES string of the molecule is CC(N)Cc1ccc(N2CCCC(C(C)C)CC2)cc1Cl. The molecule has 0 spiro atoms. The van der Waals surface area contributed by atoms with Gasteiger partial charge in [0.15, 0.2) is 0 Å². The zero-order chi connectivity index (χ0) is 15.4. The Kier molecular flexibility index (Phi) is 5.95. The summed E-state index contributed by atoms with van der Waals surface area (Å²) < 4.78 is 0. The maximum atomic E-state index is 6.43.